The number of hydrogen-bond donors (Lipinski definition) is 1. The summed E-state index contributed by atoms with van der Waals surface area (Å²) in [5, 5.41) is 11.2. The number of fused-ring (bicyclic) bond motifs is 1. The van der Waals surface area contributed by atoms with Gasteiger partial charge in [0.1, 0.15) is 24.7 Å². The standard InChI is InChI=1S/C23H24O4/c1-16-6-5-9-21(17(16)2)26-14-15-27-22-12-10-18-7-3-4-8-19(18)20(22)11-13-23(24)25/h3-10,12H,11,13-15H2,1-2H3,(H,24,25). The predicted octanol–water partition coefficient (Wildman–Crippen LogP) is 4.93. The van der Waals surface area contributed by atoms with Gasteiger partial charge in [0.2, 0.25) is 0 Å². The van der Waals surface area contributed by atoms with Crippen LogP contribution in [0.5, 0.6) is 11.5 Å². The number of carboxylic acids is 1. The van der Waals surface area contributed by atoms with Crippen LogP contribution in [0, 0.1) is 13.8 Å². The molecule has 3 aromatic rings. The number of benzene rings is 3. The molecule has 27 heavy (non-hydrogen) atoms. The van der Waals surface area contributed by atoms with Crippen molar-refractivity contribution >= 4 is 16.7 Å². The van der Waals surface area contributed by atoms with Crippen LogP contribution in [0.25, 0.3) is 10.8 Å². The van der Waals surface area contributed by atoms with Crippen molar-refractivity contribution in [2.75, 3.05) is 13.2 Å². The third-order valence-electron chi connectivity index (χ3n) is 4.74. The van der Waals surface area contributed by atoms with Gasteiger partial charge in [-0.25, -0.2) is 0 Å². The van der Waals surface area contributed by atoms with E-state index in [4.69, 9.17) is 14.6 Å². The molecule has 4 heteroatoms. The van der Waals surface area contributed by atoms with Gasteiger partial charge in [-0.05, 0) is 54.3 Å². The Morgan fingerprint density at radius 3 is 2.41 bits per heavy atom. The first-order valence-electron chi connectivity index (χ1n) is 9.10. The molecule has 0 unspecified atom stereocenters. The summed E-state index contributed by atoms with van der Waals surface area (Å²) in [6, 6.07) is 17.9. The van der Waals surface area contributed by atoms with E-state index in [-0.39, 0.29) is 6.42 Å². The maximum Gasteiger partial charge on any atom is 0.303 e. The monoisotopic (exact) mass is 364 g/mol. The zero-order chi connectivity index (χ0) is 19.2. The second-order valence-electron chi connectivity index (χ2n) is 6.55. The normalized spacial score (nSPS) is 10.7. The van der Waals surface area contributed by atoms with E-state index in [2.05, 4.69) is 13.0 Å². The zero-order valence-electron chi connectivity index (χ0n) is 15.7. The molecule has 0 spiro atoms. The molecule has 140 valence electrons. The highest BCUT2D eigenvalue weighted by Gasteiger charge is 2.11. The number of carbonyl (C=O) groups is 1. The molecular formula is C23H24O4. The Morgan fingerprint density at radius 2 is 1.63 bits per heavy atom. The first-order chi connectivity index (χ1) is 13.1. The summed E-state index contributed by atoms with van der Waals surface area (Å²) in [6.07, 6.45) is 0.507. The third-order valence-corrected chi connectivity index (χ3v) is 4.74. The first kappa shape index (κ1) is 18.8. The summed E-state index contributed by atoms with van der Waals surface area (Å²) < 4.78 is 11.8. The Hall–Kier alpha value is -3.01. The molecule has 0 saturated carbocycles. The lowest BCUT2D eigenvalue weighted by molar-refractivity contribution is -0.136. The van der Waals surface area contributed by atoms with Gasteiger partial charge < -0.3 is 14.6 Å². The smallest absolute Gasteiger partial charge is 0.303 e. The Bertz CT molecular complexity index is 946. The minimum Gasteiger partial charge on any atom is -0.490 e. The fraction of sp³-hybridized carbons (Fsp3) is 0.261. The number of aliphatic carboxylic acids is 1. The first-order valence-corrected chi connectivity index (χ1v) is 9.10. The van der Waals surface area contributed by atoms with Crippen LogP contribution in [0.4, 0.5) is 0 Å². The van der Waals surface area contributed by atoms with Crippen LogP contribution in [0.2, 0.25) is 0 Å². The summed E-state index contributed by atoms with van der Waals surface area (Å²) in [4.78, 5) is 11.0. The van der Waals surface area contributed by atoms with Gasteiger partial charge in [0.15, 0.2) is 0 Å². The number of aryl methyl sites for hydroxylation is 2. The van der Waals surface area contributed by atoms with Gasteiger partial charge in [-0.1, -0.05) is 42.5 Å². The largest absolute Gasteiger partial charge is 0.490 e. The molecular weight excluding hydrogens is 340 g/mol. The molecule has 0 aliphatic rings. The van der Waals surface area contributed by atoms with Crippen LogP contribution in [0.15, 0.2) is 54.6 Å². The molecule has 0 bridgehead atoms. The van der Waals surface area contributed by atoms with Gasteiger partial charge in [-0.15, -0.1) is 0 Å². The minimum atomic E-state index is -0.813. The van der Waals surface area contributed by atoms with Crippen molar-refractivity contribution in [1.82, 2.24) is 0 Å². The van der Waals surface area contributed by atoms with E-state index in [1.165, 1.54) is 5.56 Å². The SMILES string of the molecule is Cc1cccc(OCCOc2ccc3ccccc3c2CCC(=O)O)c1C. The van der Waals surface area contributed by atoms with E-state index in [9.17, 15) is 4.79 Å². The van der Waals surface area contributed by atoms with E-state index >= 15 is 0 Å². The molecule has 0 heterocycles. The highest BCUT2D eigenvalue weighted by atomic mass is 16.5. The highest BCUT2D eigenvalue weighted by molar-refractivity contribution is 5.88. The van der Waals surface area contributed by atoms with E-state index in [0.717, 1.165) is 33.4 Å². The van der Waals surface area contributed by atoms with Crippen LogP contribution >= 0.6 is 0 Å². The molecule has 0 saturated heterocycles. The number of carboxylic acid groups (broad SMARTS) is 1. The second kappa shape index (κ2) is 8.58. The fourth-order valence-electron chi connectivity index (χ4n) is 3.12. The molecule has 0 fully saturated rings. The summed E-state index contributed by atoms with van der Waals surface area (Å²) in [5.41, 5.74) is 3.26. The highest BCUT2D eigenvalue weighted by Crippen LogP contribution is 2.29. The molecule has 0 atom stereocenters. The van der Waals surface area contributed by atoms with Gasteiger partial charge in [-0.3, -0.25) is 4.79 Å². The fourth-order valence-corrected chi connectivity index (χ4v) is 3.12. The lowest BCUT2D eigenvalue weighted by atomic mass is 10.00. The molecule has 1 N–H and O–H groups in total. The van der Waals surface area contributed by atoms with Crippen molar-refractivity contribution in [3.05, 3.63) is 71.3 Å². The van der Waals surface area contributed by atoms with Crippen molar-refractivity contribution in [3.8, 4) is 11.5 Å². The van der Waals surface area contributed by atoms with Gasteiger partial charge >= 0.3 is 5.97 Å². The quantitative estimate of drug-likeness (QED) is 0.576. The average Bonchev–Trinajstić information content (AvgIpc) is 2.66. The zero-order valence-corrected chi connectivity index (χ0v) is 15.7. The molecule has 4 nitrogen and oxygen atoms in total. The van der Waals surface area contributed by atoms with Crippen LogP contribution in [0.3, 0.4) is 0 Å². The average molecular weight is 364 g/mol. The van der Waals surface area contributed by atoms with Crippen molar-refractivity contribution in [2.45, 2.75) is 26.7 Å². The Labute approximate surface area is 159 Å². The third kappa shape index (κ3) is 4.59. The second-order valence-corrected chi connectivity index (χ2v) is 6.55. The van der Waals surface area contributed by atoms with Gasteiger partial charge in [-0.2, -0.15) is 0 Å². The summed E-state index contributed by atoms with van der Waals surface area (Å²) >= 11 is 0. The van der Waals surface area contributed by atoms with Crippen molar-refractivity contribution in [1.29, 1.82) is 0 Å². The van der Waals surface area contributed by atoms with Gasteiger partial charge in [0.05, 0.1) is 0 Å². The number of hydrogen-bond acceptors (Lipinski definition) is 3. The summed E-state index contributed by atoms with van der Waals surface area (Å²) in [6.45, 7) is 4.92. The van der Waals surface area contributed by atoms with Crippen LogP contribution in [-0.2, 0) is 11.2 Å². The van der Waals surface area contributed by atoms with Crippen molar-refractivity contribution in [3.63, 3.8) is 0 Å². The Balaban J connectivity index is 1.71. The maximum atomic E-state index is 11.0. The van der Waals surface area contributed by atoms with Crippen LogP contribution in [0.1, 0.15) is 23.1 Å². The molecule has 3 rings (SSSR count). The molecule has 0 aromatic heterocycles. The topological polar surface area (TPSA) is 55.8 Å². The van der Waals surface area contributed by atoms with E-state index in [1.54, 1.807) is 0 Å². The van der Waals surface area contributed by atoms with Gasteiger partial charge in [0.25, 0.3) is 0 Å². The molecule has 0 radical (unpaired) electrons. The van der Waals surface area contributed by atoms with Crippen LogP contribution < -0.4 is 9.47 Å². The number of rotatable bonds is 8. The van der Waals surface area contributed by atoms with Crippen LogP contribution in [-0.4, -0.2) is 24.3 Å². The van der Waals surface area contributed by atoms with Crippen molar-refractivity contribution in [2.24, 2.45) is 0 Å². The van der Waals surface area contributed by atoms with E-state index in [0.29, 0.717) is 19.6 Å². The molecule has 0 aliphatic heterocycles. The maximum absolute atomic E-state index is 11.0. The molecule has 0 aliphatic carbocycles. The minimum absolute atomic E-state index is 0.0728. The molecule has 0 amide bonds. The number of ether oxygens (including phenoxy) is 2. The Kier molecular flexibility index (Phi) is 5.97. The van der Waals surface area contributed by atoms with Crippen molar-refractivity contribution < 1.29 is 19.4 Å². The molecule has 3 aromatic carbocycles. The van der Waals surface area contributed by atoms with Gasteiger partial charge in [0, 0.05) is 12.0 Å². The van der Waals surface area contributed by atoms with E-state index < -0.39 is 5.97 Å². The predicted molar refractivity (Wildman–Crippen MR) is 107 cm³/mol. The Morgan fingerprint density at radius 1 is 0.889 bits per heavy atom. The summed E-state index contributed by atoms with van der Waals surface area (Å²) in [7, 11) is 0. The lowest BCUT2D eigenvalue weighted by Crippen LogP contribution is -2.11. The van der Waals surface area contributed by atoms with E-state index in [1.807, 2.05) is 55.5 Å². The lowest BCUT2D eigenvalue weighted by Gasteiger charge is -2.15. The summed E-state index contributed by atoms with van der Waals surface area (Å²) in [5.74, 6) is 0.773.